The summed E-state index contributed by atoms with van der Waals surface area (Å²) in [6.45, 7) is 2.92. The molecule has 9 N–H and O–H groups in total. The number of carbonyl (C=O) groups is 5. The highest BCUT2D eigenvalue weighted by atomic mass is 16.7. The standard InChI is InChI=1S/C44H67N5O18/c1-5-6-7-8-9-10-11-12-13-14-15-16-25(63-30(53)20-24(2)19-29(51)52)21-31(54)64-27-23-47(3)33(40(59)48(4)32(27)42(60)61)38(67-43-37(58)34(55)26(22-45)65-43)39-35(56)36(57)41(66-39)49-18-17-28(50)46-44(49)62/h9-10,12-13,17-18,24-27,32-39,41,43,55-58H,5-8,11,14-16,19-23,45H2,1-4H3,(H,51,52)(H,60,61)(H,46,50,62)/b10-9-,13-12-/t24-,25+,26-,27+,32+,33-,34-,35+,36-,37-,38+,39+,41-,43+/m1/s1. The largest absolute Gasteiger partial charge is 0.481 e. The second-order valence-electron chi connectivity index (χ2n) is 17.3. The van der Waals surface area contributed by atoms with Crippen molar-refractivity contribution < 1.29 is 78.3 Å². The lowest BCUT2D eigenvalue weighted by Crippen LogP contribution is -2.59. The van der Waals surface area contributed by atoms with E-state index in [0.29, 0.717) is 12.8 Å². The number of nitrogens with zero attached hydrogens (tertiary/aromatic N) is 3. The number of H-pyrrole nitrogens is 1. The minimum absolute atomic E-state index is 0.189. The number of unbranched alkanes of at least 4 members (excludes halogenated alkanes) is 4. The highest BCUT2D eigenvalue weighted by Crippen LogP contribution is 2.36. The van der Waals surface area contributed by atoms with Gasteiger partial charge in [-0.25, -0.2) is 9.59 Å². The molecular weight excluding hydrogens is 887 g/mol. The number of nitrogens with one attached hydrogen (secondary N) is 1. The van der Waals surface area contributed by atoms with Gasteiger partial charge in [0.05, 0.1) is 6.42 Å². The van der Waals surface area contributed by atoms with Gasteiger partial charge < -0.3 is 65.0 Å². The first kappa shape index (κ1) is 54.8. The number of carboxylic acids is 2. The Kier molecular flexibility index (Phi) is 21.3. The van der Waals surface area contributed by atoms with Crippen molar-refractivity contribution in [2.75, 3.05) is 27.2 Å². The summed E-state index contributed by atoms with van der Waals surface area (Å²) in [4.78, 5) is 94.0. The molecule has 23 heteroatoms. The Labute approximate surface area is 387 Å². The second-order valence-corrected chi connectivity index (χ2v) is 17.3. The van der Waals surface area contributed by atoms with Gasteiger partial charge >= 0.3 is 29.6 Å². The predicted molar refractivity (Wildman–Crippen MR) is 234 cm³/mol. The maximum absolute atomic E-state index is 14.5. The quantitative estimate of drug-likeness (QED) is 0.0336. The van der Waals surface area contributed by atoms with Gasteiger partial charge in [-0.05, 0) is 51.5 Å². The number of nitrogens with two attached hydrogens (primary N) is 1. The number of ether oxygens (including phenoxy) is 5. The first-order valence-corrected chi connectivity index (χ1v) is 22.6. The predicted octanol–water partition coefficient (Wildman–Crippen LogP) is -0.860. The summed E-state index contributed by atoms with van der Waals surface area (Å²) in [5.74, 6) is -6.01. The summed E-state index contributed by atoms with van der Waals surface area (Å²) >= 11 is 0. The van der Waals surface area contributed by atoms with Crippen LogP contribution in [0.1, 0.15) is 90.7 Å². The average molecular weight is 954 g/mol. The molecule has 0 unspecified atom stereocenters. The number of rotatable bonds is 25. The SMILES string of the molecule is CCCCC/C=C\C/C=C\CCC[C@@H](CC(=O)O[C@H]1CN(C)[C@H]([C@H](O[C@@H]2O[C@H](CN)[C@@H](O)[C@H]2O)[C@H]2O[C@@H](n3ccc(=O)[nH]c3=O)[C@H](O)[C@@H]2O)C(=O)N(C)[C@@H]1C(=O)O)OC(=O)C[C@H](C)CC(=O)O. The second kappa shape index (κ2) is 26.1. The van der Waals surface area contributed by atoms with Crippen LogP contribution in [0.25, 0.3) is 0 Å². The topological polar surface area (TPSA) is 340 Å². The van der Waals surface area contributed by atoms with Gasteiger partial charge in [0.25, 0.3) is 5.56 Å². The molecule has 23 nitrogen and oxygen atoms in total. The average Bonchev–Trinajstić information content (AvgIpc) is 3.66. The number of aliphatic hydroxyl groups is 4. The highest BCUT2D eigenvalue weighted by molar-refractivity contribution is 5.88. The number of aliphatic carboxylic acids is 2. The third-order valence-electron chi connectivity index (χ3n) is 11.9. The minimum Gasteiger partial charge on any atom is -0.481 e. The highest BCUT2D eigenvalue weighted by Gasteiger charge is 2.57. The Bertz CT molecular complexity index is 1990. The van der Waals surface area contributed by atoms with Crippen molar-refractivity contribution in [3.63, 3.8) is 0 Å². The van der Waals surface area contributed by atoms with Gasteiger partial charge in [-0.2, -0.15) is 0 Å². The Morgan fingerprint density at radius 2 is 1.58 bits per heavy atom. The Morgan fingerprint density at radius 1 is 0.896 bits per heavy atom. The number of aromatic nitrogens is 2. The number of hydrogen-bond donors (Lipinski definition) is 8. The molecule has 0 aromatic carbocycles. The van der Waals surface area contributed by atoms with Gasteiger partial charge in [0.1, 0.15) is 61.0 Å². The van der Waals surface area contributed by atoms with Crippen molar-refractivity contribution in [2.45, 2.75) is 164 Å². The zero-order valence-corrected chi connectivity index (χ0v) is 38.2. The summed E-state index contributed by atoms with van der Waals surface area (Å²) < 4.78 is 30.0. The van der Waals surface area contributed by atoms with Gasteiger partial charge in [0.2, 0.25) is 5.91 Å². The number of esters is 2. The molecule has 1 amide bonds. The molecule has 0 bridgehead atoms. The van der Waals surface area contributed by atoms with Gasteiger partial charge in [-0.3, -0.25) is 38.4 Å². The van der Waals surface area contributed by atoms with Crippen LogP contribution in [0.4, 0.5) is 0 Å². The molecule has 4 heterocycles. The normalized spacial score (nSPS) is 29.5. The van der Waals surface area contributed by atoms with Crippen LogP contribution in [0.2, 0.25) is 0 Å². The Balaban J connectivity index is 1.59. The van der Waals surface area contributed by atoms with Crippen LogP contribution in [-0.4, -0.2) is 180 Å². The van der Waals surface area contributed by atoms with E-state index in [1.165, 1.54) is 18.4 Å². The number of allylic oxidation sites excluding steroid dienone is 4. The van der Waals surface area contributed by atoms with Gasteiger partial charge in [0.15, 0.2) is 18.6 Å². The fourth-order valence-electron chi connectivity index (χ4n) is 8.40. The summed E-state index contributed by atoms with van der Waals surface area (Å²) in [5.41, 5.74) is 3.90. The third kappa shape index (κ3) is 15.1. The van der Waals surface area contributed by atoms with E-state index in [0.717, 1.165) is 54.5 Å². The van der Waals surface area contributed by atoms with E-state index in [9.17, 15) is 64.2 Å². The van der Waals surface area contributed by atoms with Crippen molar-refractivity contribution in [3.05, 3.63) is 57.4 Å². The van der Waals surface area contributed by atoms with Crippen LogP contribution in [0.5, 0.6) is 0 Å². The molecule has 3 aliphatic heterocycles. The third-order valence-corrected chi connectivity index (χ3v) is 11.9. The first-order valence-electron chi connectivity index (χ1n) is 22.6. The molecule has 0 aliphatic carbocycles. The van der Waals surface area contributed by atoms with E-state index < -0.39 is 139 Å². The van der Waals surface area contributed by atoms with E-state index in [-0.39, 0.29) is 25.8 Å². The molecule has 0 radical (unpaired) electrons. The number of likely N-dealkylation sites (N-methyl/N-ethyl adjacent to an activating group) is 2. The zero-order chi connectivity index (χ0) is 49.5. The number of hydrogen-bond acceptors (Lipinski definition) is 18. The van der Waals surface area contributed by atoms with Gasteiger partial charge in [-0.15, -0.1) is 0 Å². The Hall–Kier alpha value is -4.85. The molecule has 14 atom stereocenters. The molecule has 4 rings (SSSR count). The molecule has 3 aliphatic rings. The molecule has 3 saturated heterocycles. The monoisotopic (exact) mass is 953 g/mol. The van der Waals surface area contributed by atoms with E-state index in [1.807, 2.05) is 17.1 Å². The molecule has 376 valence electrons. The number of carboxylic acid groups (broad SMARTS) is 2. The molecule has 1 aromatic rings. The molecule has 0 spiro atoms. The van der Waals surface area contributed by atoms with Crippen molar-refractivity contribution in [1.29, 1.82) is 0 Å². The molecule has 3 fully saturated rings. The van der Waals surface area contributed by atoms with Gasteiger partial charge in [-0.1, -0.05) is 51.0 Å². The maximum Gasteiger partial charge on any atom is 0.330 e. The first-order chi connectivity index (χ1) is 31.8. The summed E-state index contributed by atoms with van der Waals surface area (Å²) in [6, 6.07) is -2.59. The van der Waals surface area contributed by atoms with E-state index in [4.69, 9.17) is 29.4 Å². The van der Waals surface area contributed by atoms with Crippen molar-refractivity contribution in [1.82, 2.24) is 19.4 Å². The zero-order valence-electron chi connectivity index (χ0n) is 38.2. The molecule has 1 aromatic heterocycles. The lowest BCUT2D eigenvalue weighted by atomic mass is 9.97. The van der Waals surface area contributed by atoms with Gasteiger partial charge in [0, 0.05) is 45.2 Å². The number of aliphatic hydroxyl groups excluding tert-OH is 4. The summed E-state index contributed by atoms with van der Waals surface area (Å²) in [6.07, 6.45) is -3.57. The van der Waals surface area contributed by atoms with Crippen molar-refractivity contribution in [3.8, 4) is 0 Å². The van der Waals surface area contributed by atoms with Crippen LogP contribution in [0, 0.1) is 5.92 Å². The van der Waals surface area contributed by atoms with Crippen LogP contribution in [0.15, 0.2) is 46.2 Å². The van der Waals surface area contributed by atoms with Crippen molar-refractivity contribution >= 4 is 29.8 Å². The number of aromatic amines is 1. The van der Waals surface area contributed by atoms with Crippen molar-refractivity contribution in [2.24, 2.45) is 11.7 Å². The van der Waals surface area contributed by atoms with E-state index in [2.05, 4.69) is 19.1 Å². The molecule has 67 heavy (non-hydrogen) atoms. The van der Waals surface area contributed by atoms with Crippen LogP contribution >= 0.6 is 0 Å². The smallest absolute Gasteiger partial charge is 0.330 e. The molecule has 0 saturated carbocycles. The van der Waals surface area contributed by atoms with Crippen LogP contribution in [-0.2, 0) is 47.7 Å². The number of amides is 1. The fourth-order valence-corrected chi connectivity index (χ4v) is 8.40. The fraction of sp³-hybridized carbons (Fsp3) is 0.705. The Morgan fingerprint density at radius 3 is 2.19 bits per heavy atom. The number of carbonyl (C=O) groups excluding carboxylic acids is 3. The van der Waals surface area contributed by atoms with E-state index in [1.54, 1.807) is 6.92 Å². The molecular formula is C44H67N5O18. The van der Waals surface area contributed by atoms with Crippen LogP contribution < -0.4 is 17.0 Å². The van der Waals surface area contributed by atoms with E-state index >= 15 is 0 Å². The lowest BCUT2D eigenvalue weighted by Gasteiger charge is -2.38. The summed E-state index contributed by atoms with van der Waals surface area (Å²) in [7, 11) is 2.45. The van der Waals surface area contributed by atoms with Crippen LogP contribution in [0.3, 0.4) is 0 Å². The lowest BCUT2D eigenvalue weighted by molar-refractivity contribution is -0.233. The minimum atomic E-state index is -1.96. The summed E-state index contributed by atoms with van der Waals surface area (Å²) in [5, 5.41) is 63.8. The maximum atomic E-state index is 14.5.